The molecule has 2 aromatic carbocycles. The average molecular weight is 486 g/mol. The fourth-order valence-corrected chi connectivity index (χ4v) is 4.99. The van der Waals surface area contributed by atoms with E-state index in [1.807, 2.05) is 47.0 Å². The van der Waals surface area contributed by atoms with Crippen LogP contribution >= 0.6 is 0 Å². The quantitative estimate of drug-likeness (QED) is 0.412. The summed E-state index contributed by atoms with van der Waals surface area (Å²) < 4.78 is 3.56. The molecule has 1 fully saturated rings. The van der Waals surface area contributed by atoms with Crippen molar-refractivity contribution < 1.29 is 4.79 Å². The Hall–Kier alpha value is -3.98. The highest BCUT2D eigenvalue weighted by molar-refractivity contribution is 5.94. The van der Waals surface area contributed by atoms with Crippen LogP contribution in [0.3, 0.4) is 0 Å². The minimum Gasteiger partial charge on any atom is -0.366 e. The average Bonchev–Trinajstić information content (AvgIpc) is 3.24. The standard InChI is InChI=1S/C27H31N7O2/c1-32-22(14-13-19-10-5-6-12-21(19)24(29)35)30-25-23(26(32)36)34(16-18-8-3-2-4-9-18)27(31-25)33-15-7-11-20(28)17-33/h2-6,8-10,12,20H,7,11,13-17,28H2,1H3,(H2,29,35). The molecule has 1 saturated heterocycles. The molecule has 4 aromatic rings. The Morgan fingerprint density at radius 2 is 1.81 bits per heavy atom. The molecule has 5 rings (SSSR count). The smallest absolute Gasteiger partial charge is 0.279 e. The lowest BCUT2D eigenvalue weighted by Crippen LogP contribution is -2.44. The maximum atomic E-state index is 13.7. The van der Waals surface area contributed by atoms with Crippen molar-refractivity contribution in [2.75, 3.05) is 18.0 Å². The van der Waals surface area contributed by atoms with E-state index < -0.39 is 5.91 Å². The lowest BCUT2D eigenvalue weighted by atomic mass is 10.0. The fourth-order valence-electron chi connectivity index (χ4n) is 4.99. The first-order chi connectivity index (χ1) is 17.4. The number of fused-ring (bicyclic) bond motifs is 1. The van der Waals surface area contributed by atoms with Crippen molar-refractivity contribution in [3.63, 3.8) is 0 Å². The molecule has 4 N–H and O–H groups in total. The number of hydrogen-bond donors (Lipinski definition) is 2. The van der Waals surface area contributed by atoms with E-state index in [2.05, 4.69) is 4.90 Å². The number of benzene rings is 2. The van der Waals surface area contributed by atoms with E-state index in [1.54, 1.807) is 23.7 Å². The summed E-state index contributed by atoms with van der Waals surface area (Å²) in [5.74, 6) is 0.870. The van der Waals surface area contributed by atoms with Gasteiger partial charge in [-0.05, 0) is 36.5 Å². The van der Waals surface area contributed by atoms with E-state index in [-0.39, 0.29) is 11.6 Å². The summed E-state index contributed by atoms with van der Waals surface area (Å²) in [7, 11) is 1.74. The third-order valence-electron chi connectivity index (χ3n) is 6.88. The topological polar surface area (TPSA) is 125 Å². The third kappa shape index (κ3) is 4.61. The maximum absolute atomic E-state index is 13.7. The van der Waals surface area contributed by atoms with Gasteiger partial charge in [0.1, 0.15) is 5.82 Å². The number of amides is 1. The summed E-state index contributed by atoms with van der Waals surface area (Å²) in [5.41, 5.74) is 15.0. The van der Waals surface area contributed by atoms with Gasteiger partial charge in [0, 0.05) is 38.2 Å². The van der Waals surface area contributed by atoms with E-state index in [0.29, 0.717) is 48.5 Å². The number of anilines is 1. The zero-order chi connectivity index (χ0) is 25.2. The van der Waals surface area contributed by atoms with Crippen LogP contribution in [0.4, 0.5) is 5.95 Å². The van der Waals surface area contributed by atoms with Crippen LogP contribution in [0.5, 0.6) is 0 Å². The zero-order valence-corrected chi connectivity index (χ0v) is 20.4. The molecule has 0 aliphatic carbocycles. The Labute approximate surface area is 209 Å². The highest BCUT2D eigenvalue weighted by atomic mass is 16.1. The fraction of sp³-hybridized carbons (Fsp3) is 0.333. The van der Waals surface area contributed by atoms with Gasteiger partial charge in [-0.15, -0.1) is 0 Å². The summed E-state index contributed by atoms with van der Waals surface area (Å²) in [6, 6.07) is 17.4. The predicted molar refractivity (Wildman–Crippen MR) is 140 cm³/mol. The number of rotatable bonds is 7. The molecule has 1 aliphatic heterocycles. The minimum atomic E-state index is -0.466. The molecule has 9 nitrogen and oxygen atoms in total. The Morgan fingerprint density at radius 1 is 1.06 bits per heavy atom. The first-order valence-electron chi connectivity index (χ1n) is 12.3. The molecule has 1 amide bonds. The lowest BCUT2D eigenvalue weighted by Gasteiger charge is -2.31. The van der Waals surface area contributed by atoms with E-state index >= 15 is 0 Å². The van der Waals surface area contributed by atoms with Crippen LogP contribution in [0.2, 0.25) is 0 Å². The molecular weight excluding hydrogens is 454 g/mol. The predicted octanol–water partition coefficient (Wildman–Crippen LogP) is 1.99. The number of nitrogens with zero attached hydrogens (tertiary/aromatic N) is 5. The van der Waals surface area contributed by atoms with Crippen LogP contribution in [-0.4, -0.2) is 44.1 Å². The second-order valence-electron chi connectivity index (χ2n) is 9.42. The summed E-state index contributed by atoms with van der Waals surface area (Å²) >= 11 is 0. The van der Waals surface area contributed by atoms with Crippen molar-refractivity contribution >= 4 is 23.0 Å². The van der Waals surface area contributed by atoms with Crippen molar-refractivity contribution in [3.05, 3.63) is 87.5 Å². The minimum absolute atomic E-state index is 0.0698. The van der Waals surface area contributed by atoms with Crippen LogP contribution in [0, 0.1) is 0 Å². The van der Waals surface area contributed by atoms with E-state index in [9.17, 15) is 9.59 Å². The monoisotopic (exact) mass is 485 g/mol. The molecule has 3 heterocycles. The summed E-state index contributed by atoms with van der Waals surface area (Å²) in [4.78, 5) is 37.3. The molecule has 36 heavy (non-hydrogen) atoms. The second-order valence-corrected chi connectivity index (χ2v) is 9.42. The number of carbonyl (C=O) groups is 1. The van der Waals surface area contributed by atoms with Gasteiger partial charge in [-0.1, -0.05) is 48.5 Å². The molecule has 0 radical (unpaired) electrons. The van der Waals surface area contributed by atoms with Gasteiger partial charge in [-0.3, -0.25) is 18.7 Å². The SMILES string of the molecule is Cn1c(CCc2ccccc2C(N)=O)nc2nc(N3CCCC(N)C3)n(Cc3ccccc3)c2c1=O. The Balaban J connectivity index is 1.56. The maximum Gasteiger partial charge on any atom is 0.279 e. The highest BCUT2D eigenvalue weighted by Gasteiger charge is 2.25. The van der Waals surface area contributed by atoms with Crippen molar-refractivity contribution in [1.29, 1.82) is 0 Å². The number of aryl methyl sites for hydroxylation is 2. The molecular formula is C27H31N7O2. The summed E-state index contributed by atoms with van der Waals surface area (Å²) in [5, 5.41) is 0. The number of piperidine rings is 1. The van der Waals surface area contributed by atoms with Gasteiger partial charge in [0.05, 0.1) is 6.54 Å². The lowest BCUT2D eigenvalue weighted by molar-refractivity contribution is 0.0999. The van der Waals surface area contributed by atoms with Gasteiger partial charge in [0.2, 0.25) is 11.9 Å². The second kappa shape index (κ2) is 9.94. The highest BCUT2D eigenvalue weighted by Crippen LogP contribution is 2.24. The van der Waals surface area contributed by atoms with Crippen molar-refractivity contribution in [1.82, 2.24) is 19.1 Å². The Kier molecular flexibility index (Phi) is 6.56. The van der Waals surface area contributed by atoms with Crippen LogP contribution < -0.4 is 21.9 Å². The molecule has 2 aromatic heterocycles. The first-order valence-corrected chi connectivity index (χ1v) is 12.3. The number of carbonyl (C=O) groups excluding carboxylic acids is 1. The molecule has 186 valence electrons. The molecule has 0 bridgehead atoms. The van der Waals surface area contributed by atoms with Crippen molar-refractivity contribution in [2.45, 2.75) is 38.3 Å². The summed E-state index contributed by atoms with van der Waals surface area (Å²) in [6.07, 6.45) is 2.96. The molecule has 0 saturated carbocycles. The molecule has 1 atom stereocenters. The van der Waals surface area contributed by atoms with Gasteiger partial charge in [-0.2, -0.15) is 4.98 Å². The number of primary amides is 1. The van der Waals surface area contributed by atoms with E-state index in [0.717, 1.165) is 36.5 Å². The van der Waals surface area contributed by atoms with Crippen molar-refractivity contribution in [2.24, 2.45) is 18.5 Å². The van der Waals surface area contributed by atoms with Gasteiger partial charge in [0.25, 0.3) is 5.56 Å². The molecule has 0 spiro atoms. The van der Waals surface area contributed by atoms with Crippen LogP contribution in [0.1, 0.15) is 40.2 Å². The van der Waals surface area contributed by atoms with Crippen LogP contribution in [0.15, 0.2) is 59.4 Å². The number of imidazole rings is 1. The Morgan fingerprint density at radius 3 is 2.56 bits per heavy atom. The zero-order valence-electron chi connectivity index (χ0n) is 20.4. The van der Waals surface area contributed by atoms with E-state index in [4.69, 9.17) is 21.4 Å². The van der Waals surface area contributed by atoms with Gasteiger partial charge in [0.15, 0.2) is 11.2 Å². The molecule has 9 heteroatoms. The summed E-state index contributed by atoms with van der Waals surface area (Å²) in [6.45, 7) is 2.04. The van der Waals surface area contributed by atoms with E-state index in [1.165, 1.54) is 0 Å². The van der Waals surface area contributed by atoms with Crippen molar-refractivity contribution in [3.8, 4) is 0 Å². The van der Waals surface area contributed by atoms with Gasteiger partial charge >= 0.3 is 0 Å². The first kappa shape index (κ1) is 23.7. The largest absolute Gasteiger partial charge is 0.366 e. The molecule has 1 unspecified atom stereocenters. The Bertz CT molecular complexity index is 1460. The molecule has 1 aliphatic rings. The number of nitrogens with two attached hydrogens (primary N) is 2. The van der Waals surface area contributed by atoms with Gasteiger partial charge < -0.3 is 16.4 Å². The van der Waals surface area contributed by atoms with Crippen LogP contribution in [0.25, 0.3) is 11.2 Å². The third-order valence-corrected chi connectivity index (χ3v) is 6.88. The number of hydrogen-bond acceptors (Lipinski definition) is 6. The normalized spacial score (nSPS) is 15.9. The van der Waals surface area contributed by atoms with Crippen LogP contribution in [-0.2, 0) is 26.4 Å². The number of aromatic nitrogens is 4. The van der Waals surface area contributed by atoms with Gasteiger partial charge in [-0.25, -0.2) is 4.98 Å².